The molecule has 0 amide bonds. The monoisotopic (exact) mass is 458 g/mol. The summed E-state index contributed by atoms with van der Waals surface area (Å²) in [6.45, 7) is 14.8. The first kappa shape index (κ1) is 23.3. The predicted molar refractivity (Wildman–Crippen MR) is 132 cm³/mol. The molecular weight excluding hydrogens is 408 g/mol. The van der Waals surface area contributed by atoms with E-state index in [1.165, 1.54) is 57.8 Å². The van der Waals surface area contributed by atoms with Crippen LogP contribution in [0.4, 0.5) is 0 Å². The first-order chi connectivity index (χ1) is 15.3. The van der Waals surface area contributed by atoms with Crippen LogP contribution < -0.4 is 0 Å². The van der Waals surface area contributed by atoms with Crippen LogP contribution in [-0.4, -0.2) is 34.6 Å². The minimum Gasteiger partial charge on any atom is -0.393 e. The minimum atomic E-state index is -0.726. The highest BCUT2D eigenvalue weighted by Gasteiger charge is 2.82. The van der Waals surface area contributed by atoms with Gasteiger partial charge in [0.2, 0.25) is 0 Å². The zero-order valence-corrected chi connectivity index (χ0v) is 22.3. The molecule has 1 aliphatic heterocycles. The summed E-state index contributed by atoms with van der Waals surface area (Å²) in [6, 6.07) is 0. The standard InChI is InChI=1S/C30H50O3/c1-25(2)21-8-9-22-28(6)13-11-20(19-7-10-24(33-17-19)26(3,4)32)27(28,5)15-16-30(22)18-29(21,30)14-12-23(25)31/h19-24,31-32H,7-18H2,1-6H3/t19-,20+,21-,22-,23-,24?,27+,28-,29+,30-/m0/s1. The molecule has 6 fully saturated rings. The summed E-state index contributed by atoms with van der Waals surface area (Å²) in [4.78, 5) is 0. The van der Waals surface area contributed by atoms with Crippen LogP contribution in [0.25, 0.3) is 0 Å². The lowest BCUT2D eigenvalue weighted by Gasteiger charge is -2.63. The third kappa shape index (κ3) is 2.74. The molecule has 2 spiro atoms. The molecule has 5 aliphatic carbocycles. The van der Waals surface area contributed by atoms with Crippen molar-refractivity contribution >= 4 is 0 Å². The number of ether oxygens (including phenoxy) is 1. The first-order valence-corrected chi connectivity index (χ1v) is 14.3. The van der Waals surface area contributed by atoms with Crippen LogP contribution in [0.2, 0.25) is 0 Å². The van der Waals surface area contributed by atoms with Crippen molar-refractivity contribution in [1.82, 2.24) is 0 Å². The van der Waals surface area contributed by atoms with Crippen LogP contribution in [0, 0.1) is 50.7 Å². The second-order valence-electron chi connectivity index (χ2n) is 15.3. The molecule has 5 saturated carbocycles. The normalized spacial score (nSPS) is 57.5. The third-order valence-corrected chi connectivity index (χ3v) is 13.8. The molecule has 33 heavy (non-hydrogen) atoms. The number of hydrogen-bond donors (Lipinski definition) is 2. The van der Waals surface area contributed by atoms with Gasteiger partial charge in [-0.1, -0.05) is 27.7 Å². The maximum Gasteiger partial charge on any atom is 0.0856 e. The predicted octanol–water partition coefficient (Wildman–Crippen LogP) is 6.35. The van der Waals surface area contributed by atoms with Crippen LogP contribution in [0.3, 0.4) is 0 Å². The van der Waals surface area contributed by atoms with E-state index in [0.717, 1.165) is 37.2 Å². The van der Waals surface area contributed by atoms with E-state index in [1.807, 2.05) is 13.8 Å². The second kappa shape index (κ2) is 6.80. The lowest BCUT2D eigenvalue weighted by molar-refractivity contribution is -0.172. The molecule has 2 N–H and O–H groups in total. The van der Waals surface area contributed by atoms with E-state index in [4.69, 9.17) is 4.74 Å². The summed E-state index contributed by atoms with van der Waals surface area (Å²) in [5.74, 6) is 3.04. The Morgan fingerprint density at radius 2 is 1.45 bits per heavy atom. The van der Waals surface area contributed by atoms with Gasteiger partial charge in [-0.05, 0) is 135 Å². The number of fused-ring (bicyclic) bond motifs is 2. The van der Waals surface area contributed by atoms with Gasteiger partial charge in [0.15, 0.2) is 0 Å². The molecule has 10 atom stereocenters. The number of hydrogen-bond acceptors (Lipinski definition) is 3. The molecule has 1 unspecified atom stereocenters. The van der Waals surface area contributed by atoms with Crippen molar-refractivity contribution in [2.75, 3.05) is 6.61 Å². The zero-order chi connectivity index (χ0) is 23.7. The highest BCUT2D eigenvalue weighted by Crippen LogP contribution is 2.89. The molecule has 0 bridgehead atoms. The van der Waals surface area contributed by atoms with Crippen molar-refractivity contribution in [3.8, 4) is 0 Å². The van der Waals surface area contributed by atoms with Gasteiger partial charge in [-0.25, -0.2) is 0 Å². The Hall–Kier alpha value is -0.120. The van der Waals surface area contributed by atoms with E-state index >= 15 is 0 Å². The van der Waals surface area contributed by atoms with E-state index < -0.39 is 5.60 Å². The topological polar surface area (TPSA) is 49.7 Å². The maximum absolute atomic E-state index is 10.9. The summed E-state index contributed by atoms with van der Waals surface area (Å²) >= 11 is 0. The van der Waals surface area contributed by atoms with Crippen molar-refractivity contribution in [1.29, 1.82) is 0 Å². The van der Waals surface area contributed by atoms with Crippen molar-refractivity contribution in [3.63, 3.8) is 0 Å². The molecule has 0 radical (unpaired) electrons. The number of aliphatic hydroxyl groups excluding tert-OH is 1. The average Bonchev–Trinajstić information content (AvgIpc) is 3.33. The van der Waals surface area contributed by atoms with E-state index in [-0.39, 0.29) is 17.6 Å². The Morgan fingerprint density at radius 3 is 2.12 bits per heavy atom. The van der Waals surface area contributed by atoms with Gasteiger partial charge in [-0.15, -0.1) is 0 Å². The smallest absolute Gasteiger partial charge is 0.0856 e. The Labute approximate surface area is 202 Å². The fourth-order valence-corrected chi connectivity index (χ4v) is 11.8. The van der Waals surface area contributed by atoms with Crippen LogP contribution in [-0.2, 0) is 4.74 Å². The maximum atomic E-state index is 10.9. The molecule has 3 nitrogen and oxygen atoms in total. The quantitative estimate of drug-likeness (QED) is 0.507. The Bertz CT molecular complexity index is 806. The summed E-state index contributed by atoms with van der Waals surface area (Å²) in [5, 5.41) is 21.3. The highest BCUT2D eigenvalue weighted by molar-refractivity contribution is 5.30. The molecule has 3 heteroatoms. The molecule has 6 rings (SSSR count). The second-order valence-corrected chi connectivity index (χ2v) is 15.3. The molecule has 0 aromatic heterocycles. The molecule has 0 aromatic rings. The molecule has 0 aromatic carbocycles. The lowest BCUT2D eigenvalue weighted by Crippen LogP contribution is -2.58. The number of aliphatic hydroxyl groups is 2. The molecule has 6 aliphatic rings. The minimum absolute atomic E-state index is 0.00410. The summed E-state index contributed by atoms with van der Waals surface area (Å²) in [7, 11) is 0. The fraction of sp³-hybridized carbons (Fsp3) is 1.00. The molecule has 188 valence electrons. The zero-order valence-electron chi connectivity index (χ0n) is 22.3. The Kier molecular flexibility index (Phi) is 4.80. The van der Waals surface area contributed by atoms with Gasteiger partial charge in [0.1, 0.15) is 0 Å². The summed E-state index contributed by atoms with van der Waals surface area (Å²) < 4.78 is 6.29. The number of rotatable bonds is 2. The fourth-order valence-electron chi connectivity index (χ4n) is 11.8. The first-order valence-electron chi connectivity index (χ1n) is 14.3. The van der Waals surface area contributed by atoms with Crippen molar-refractivity contribution < 1.29 is 14.9 Å². The van der Waals surface area contributed by atoms with E-state index in [9.17, 15) is 10.2 Å². The van der Waals surface area contributed by atoms with Crippen LogP contribution in [0.5, 0.6) is 0 Å². The van der Waals surface area contributed by atoms with Gasteiger partial charge >= 0.3 is 0 Å². The lowest BCUT2D eigenvalue weighted by atomic mass is 9.41. The van der Waals surface area contributed by atoms with Crippen molar-refractivity contribution in [2.24, 2.45) is 50.7 Å². The van der Waals surface area contributed by atoms with Gasteiger partial charge in [-0.3, -0.25) is 0 Å². The third-order valence-electron chi connectivity index (χ3n) is 13.8. The average molecular weight is 459 g/mol. The van der Waals surface area contributed by atoms with Crippen LogP contribution in [0.15, 0.2) is 0 Å². The van der Waals surface area contributed by atoms with Gasteiger partial charge in [-0.2, -0.15) is 0 Å². The van der Waals surface area contributed by atoms with Crippen molar-refractivity contribution in [2.45, 2.75) is 130 Å². The SMILES string of the molecule is CC(C)(O)C1CC[C@H]([C@H]2CC[C@@]3(C)[C@@H]4CC[C@H]5C(C)(C)[C@@H](O)CC[C@@]56C[C@@]46CC[C@]23C)CO1. The van der Waals surface area contributed by atoms with E-state index in [0.29, 0.717) is 27.6 Å². The molecular formula is C30H50O3. The van der Waals surface area contributed by atoms with Gasteiger partial charge < -0.3 is 14.9 Å². The molecule has 1 heterocycles. The summed E-state index contributed by atoms with van der Waals surface area (Å²) in [5.41, 5.74) is 1.36. The van der Waals surface area contributed by atoms with E-state index in [2.05, 4.69) is 27.7 Å². The van der Waals surface area contributed by atoms with Crippen LogP contribution in [0.1, 0.15) is 112 Å². The van der Waals surface area contributed by atoms with Crippen LogP contribution >= 0.6 is 0 Å². The van der Waals surface area contributed by atoms with Gasteiger partial charge in [0, 0.05) is 0 Å². The summed E-state index contributed by atoms with van der Waals surface area (Å²) in [6.07, 6.45) is 14.2. The van der Waals surface area contributed by atoms with Gasteiger partial charge in [0.05, 0.1) is 24.4 Å². The van der Waals surface area contributed by atoms with Crippen molar-refractivity contribution in [3.05, 3.63) is 0 Å². The van der Waals surface area contributed by atoms with E-state index in [1.54, 1.807) is 0 Å². The van der Waals surface area contributed by atoms with Gasteiger partial charge in [0.25, 0.3) is 0 Å². The molecule has 1 saturated heterocycles. The Morgan fingerprint density at radius 1 is 0.758 bits per heavy atom. The highest BCUT2D eigenvalue weighted by atomic mass is 16.5. The Balaban J connectivity index is 1.25. The largest absolute Gasteiger partial charge is 0.393 e.